The van der Waals surface area contributed by atoms with Crippen molar-refractivity contribution in [2.75, 3.05) is 5.73 Å². The third-order valence-electron chi connectivity index (χ3n) is 3.67. The van der Waals surface area contributed by atoms with Gasteiger partial charge in [0.05, 0.1) is 5.71 Å². The second kappa shape index (κ2) is 6.32. The molecule has 0 saturated carbocycles. The lowest BCUT2D eigenvalue weighted by Gasteiger charge is -2.05. The molecule has 23 heavy (non-hydrogen) atoms. The van der Waals surface area contributed by atoms with Crippen molar-refractivity contribution in [1.82, 2.24) is 5.43 Å². The van der Waals surface area contributed by atoms with Gasteiger partial charge in [-0.05, 0) is 53.6 Å². The van der Waals surface area contributed by atoms with Gasteiger partial charge in [0.15, 0.2) is 0 Å². The van der Waals surface area contributed by atoms with Gasteiger partial charge in [-0.25, -0.2) is 5.43 Å². The summed E-state index contributed by atoms with van der Waals surface area (Å²) in [6.07, 6.45) is 0. The summed E-state index contributed by atoms with van der Waals surface area (Å²) in [5.41, 5.74) is 11.1. The van der Waals surface area contributed by atoms with Crippen LogP contribution in [0.15, 0.2) is 71.8 Å². The van der Waals surface area contributed by atoms with Crippen molar-refractivity contribution in [2.45, 2.75) is 6.92 Å². The summed E-state index contributed by atoms with van der Waals surface area (Å²) in [4.78, 5) is 12.0. The molecule has 1 amide bonds. The van der Waals surface area contributed by atoms with Gasteiger partial charge in [-0.3, -0.25) is 4.79 Å². The van der Waals surface area contributed by atoms with Gasteiger partial charge in [0.25, 0.3) is 5.91 Å². The van der Waals surface area contributed by atoms with Crippen molar-refractivity contribution in [3.05, 3.63) is 77.9 Å². The Balaban J connectivity index is 1.78. The average Bonchev–Trinajstić information content (AvgIpc) is 2.59. The minimum atomic E-state index is -0.259. The van der Waals surface area contributed by atoms with Crippen molar-refractivity contribution in [1.29, 1.82) is 0 Å². The summed E-state index contributed by atoms with van der Waals surface area (Å²) in [6, 6.07) is 21.0. The Kier molecular flexibility index (Phi) is 4.06. The molecule has 0 bridgehead atoms. The van der Waals surface area contributed by atoms with Crippen LogP contribution in [0.2, 0.25) is 0 Å². The number of anilines is 1. The Bertz CT molecular complexity index is 883. The SMILES string of the molecule is C/C(=N/NC(=O)c1ccc(N)cc1)c1ccc2ccccc2c1. The number of carbonyl (C=O) groups excluding carboxylic acids is 1. The van der Waals surface area contributed by atoms with Gasteiger partial charge in [0, 0.05) is 11.3 Å². The Morgan fingerprint density at radius 2 is 1.57 bits per heavy atom. The molecule has 3 rings (SSSR count). The number of benzene rings is 3. The number of amides is 1. The minimum absolute atomic E-state index is 0.259. The maximum Gasteiger partial charge on any atom is 0.271 e. The quantitative estimate of drug-likeness (QED) is 0.441. The van der Waals surface area contributed by atoms with Crippen LogP contribution >= 0.6 is 0 Å². The average molecular weight is 303 g/mol. The topological polar surface area (TPSA) is 67.5 Å². The van der Waals surface area contributed by atoms with Crippen molar-refractivity contribution < 1.29 is 4.79 Å². The third-order valence-corrected chi connectivity index (χ3v) is 3.67. The van der Waals surface area contributed by atoms with Gasteiger partial charge in [-0.15, -0.1) is 0 Å². The molecule has 0 saturated heterocycles. The molecule has 4 nitrogen and oxygen atoms in total. The molecule has 0 aliphatic rings. The molecule has 4 heteroatoms. The van der Waals surface area contributed by atoms with Crippen molar-refractivity contribution in [2.24, 2.45) is 5.10 Å². The highest BCUT2D eigenvalue weighted by molar-refractivity contribution is 6.03. The molecule has 114 valence electrons. The van der Waals surface area contributed by atoms with Crippen LogP contribution in [0.1, 0.15) is 22.8 Å². The number of carbonyl (C=O) groups is 1. The number of hydrogen-bond acceptors (Lipinski definition) is 3. The Labute approximate surface area is 134 Å². The largest absolute Gasteiger partial charge is 0.399 e. The number of nitrogens with one attached hydrogen (secondary N) is 1. The first-order valence-electron chi connectivity index (χ1n) is 7.33. The molecule has 0 aliphatic carbocycles. The summed E-state index contributed by atoms with van der Waals surface area (Å²) in [5.74, 6) is -0.259. The van der Waals surface area contributed by atoms with Crippen LogP contribution in [0, 0.1) is 0 Å². The van der Waals surface area contributed by atoms with E-state index in [0.717, 1.165) is 16.7 Å². The fraction of sp³-hybridized carbons (Fsp3) is 0.0526. The number of rotatable bonds is 3. The first-order chi connectivity index (χ1) is 11.1. The lowest BCUT2D eigenvalue weighted by molar-refractivity contribution is 0.0955. The van der Waals surface area contributed by atoms with E-state index in [1.165, 1.54) is 5.39 Å². The van der Waals surface area contributed by atoms with Gasteiger partial charge in [0.2, 0.25) is 0 Å². The van der Waals surface area contributed by atoms with E-state index in [4.69, 9.17) is 5.73 Å². The molecular formula is C19H17N3O. The molecule has 0 heterocycles. The van der Waals surface area contributed by atoms with Crippen LogP contribution in [0.4, 0.5) is 5.69 Å². The van der Waals surface area contributed by atoms with Crippen LogP contribution in [0.25, 0.3) is 10.8 Å². The highest BCUT2D eigenvalue weighted by atomic mass is 16.2. The van der Waals surface area contributed by atoms with E-state index in [9.17, 15) is 4.79 Å². The number of nitrogens with two attached hydrogens (primary N) is 1. The number of nitrogens with zero attached hydrogens (tertiary/aromatic N) is 1. The molecule has 3 aromatic rings. The molecule has 0 spiro atoms. The molecule has 0 aromatic heterocycles. The zero-order valence-electron chi connectivity index (χ0n) is 12.8. The molecule has 3 N–H and O–H groups in total. The smallest absolute Gasteiger partial charge is 0.271 e. The molecule has 0 aliphatic heterocycles. The molecule has 0 radical (unpaired) electrons. The maximum atomic E-state index is 12.0. The summed E-state index contributed by atoms with van der Waals surface area (Å²) in [5, 5.41) is 6.50. The number of nitrogen functional groups attached to an aromatic ring is 1. The fourth-order valence-electron chi connectivity index (χ4n) is 2.31. The van der Waals surface area contributed by atoms with E-state index in [1.54, 1.807) is 24.3 Å². The second-order valence-electron chi connectivity index (χ2n) is 5.32. The first kappa shape index (κ1) is 14.8. The molecule has 3 aromatic carbocycles. The zero-order chi connectivity index (χ0) is 16.2. The van der Waals surface area contributed by atoms with Crippen LogP contribution in [-0.2, 0) is 0 Å². The van der Waals surface area contributed by atoms with Crippen molar-refractivity contribution in [3.63, 3.8) is 0 Å². The van der Waals surface area contributed by atoms with Gasteiger partial charge in [-0.2, -0.15) is 5.10 Å². The van der Waals surface area contributed by atoms with Gasteiger partial charge >= 0.3 is 0 Å². The van der Waals surface area contributed by atoms with Crippen molar-refractivity contribution in [3.8, 4) is 0 Å². The van der Waals surface area contributed by atoms with Crippen LogP contribution in [-0.4, -0.2) is 11.6 Å². The maximum absolute atomic E-state index is 12.0. The van der Waals surface area contributed by atoms with E-state index >= 15 is 0 Å². The third kappa shape index (κ3) is 3.37. The second-order valence-corrected chi connectivity index (χ2v) is 5.32. The van der Waals surface area contributed by atoms with Crippen molar-refractivity contribution >= 4 is 28.1 Å². The lowest BCUT2D eigenvalue weighted by atomic mass is 10.0. The van der Waals surface area contributed by atoms with Gasteiger partial charge < -0.3 is 5.73 Å². The zero-order valence-corrected chi connectivity index (χ0v) is 12.8. The van der Waals surface area contributed by atoms with Gasteiger partial charge in [-0.1, -0.05) is 36.4 Å². The van der Waals surface area contributed by atoms with E-state index in [0.29, 0.717) is 11.3 Å². The first-order valence-corrected chi connectivity index (χ1v) is 7.33. The number of hydrogen-bond donors (Lipinski definition) is 2. The van der Waals surface area contributed by atoms with E-state index in [2.05, 4.69) is 28.7 Å². The Morgan fingerprint density at radius 1 is 0.913 bits per heavy atom. The monoisotopic (exact) mass is 303 g/mol. The summed E-state index contributed by atoms with van der Waals surface area (Å²) < 4.78 is 0. The van der Waals surface area contributed by atoms with Crippen LogP contribution < -0.4 is 11.2 Å². The van der Waals surface area contributed by atoms with E-state index < -0.39 is 0 Å². The Hall–Kier alpha value is -3.14. The summed E-state index contributed by atoms with van der Waals surface area (Å²) in [6.45, 7) is 1.87. The highest BCUT2D eigenvalue weighted by Crippen LogP contribution is 2.16. The van der Waals surface area contributed by atoms with Crippen LogP contribution in [0.3, 0.4) is 0 Å². The lowest BCUT2D eigenvalue weighted by Crippen LogP contribution is -2.19. The summed E-state index contributed by atoms with van der Waals surface area (Å²) in [7, 11) is 0. The normalized spacial score (nSPS) is 11.4. The van der Waals surface area contributed by atoms with E-state index in [-0.39, 0.29) is 5.91 Å². The standard InChI is InChI=1S/C19H17N3O/c1-13(16-7-6-14-4-2-3-5-17(14)12-16)21-22-19(23)15-8-10-18(20)11-9-15/h2-12H,20H2,1H3,(H,22,23)/b21-13-. The fourth-order valence-corrected chi connectivity index (χ4v) is 2.31. The molecule has 0 atom stereocenters. The van der Waals surface area contributed by atoms with E-state index in [1.807, 2.05) is 31.2 Å². The number of fused-ring (bicyclic) bond motifs is 1. The summed E-state index contributed by atoms with van der Waals surface area (Å²) >= 11 is 0. The molecule has 0 fully saturated rings. The molecular weight excluding hydrogens is 286 g/mol. The highest BCUT2D eigenvalue weighted by Gasteiger charge is 2.05. The minimum Gasteiger partial charge on any atom is -0.399 e. The number of hydrazone groups is 1. The molecule has 0 unspecified atom stereocenters. The predicted octanol–water partition coefficient (Wildman–Crippen LogP) is 3.58. The van der Waals surface area contributed by atoms with Crippen LogP contribution in [0.5, 0.6) is 0 Å². The van der Waals surface area contributed by atoms with Gasteiger partial charge in [0.1, 0.15) is 0 Å². The predicted molar refractivity (Wildman–Crippen MR) is 94.5 cm³/mol. The Morgan fingerprint density at radius 3 is 2.30 bits per heavy atom.